The van der Waals surface area contributed by atoms with Crippen molar-refractivity contribution in [1.29, 1.82) is 0 Å². The molecule has 2 saturated heterocycles. The molecule has 0 aromatic rings. The second kappa shape index (κ2) is 7.02. The van der Waals surface area contributed by atoms with E-state index in [9.17, 15) is 8.42 Å². The number of hydrogen-bond donors (Lipinski definition) is 2. The van der Waals surface area contributed by atoms with Crippen LogP contribution in [0.1, 0.15) is 32.1 Å². The molecular formula is C13H27N3O2S. The Morgan fingerprint density at radius 2 is 2.00 bits per heavy atom. The summed E-state index contributed by atoms with van der Waals surface area (Å²) in [5, 5.41) is 3.31. The molecule has 0 aromatic carbocycles. The molecule has 5 nitrogen and oxygen atoms in total. The van der Waals surface area contributed by atoms with E-state index in [1.807, 2.05) is 0 Å². The van der Waals surface area contributed by atoms with Crippen LogP contribution in [0.5, 0.6) is 0 Å². The van der Waals surface area contributed by atoms with E-state index in [-0.39, 0.29) is 11.8 Å². The fourth-order valence-electron chi connectivity index (χ4n) is 3.07. The Bertz CT molecular complexity index is 366. The average Bonchev–Trinajstić information content (AvgIpc) is 2.37. The van der Waals surface area contributed by atoms with Crippen molar-refractivity contribution in [2.45, 2.75) is 38.1 Å². The molecule has 2 heterocycles. The van der Waals surface area contributed by atoms with E-state index in [0.717, 1.165) is 58.3 Å². The Morgan fingerprint density at radius 1 is 1.26 bits per heavy atom. The molecule has 1 unspecified atom stereocenters. The molecule has 1 atom stereocenters. The quantitative estimate of drug-likeness (QED) is 0.769. The highest BCUT2D eigenvalue weighted by atomic mass is 32.2. The second-order valence-electron chi connectivity index (χ2n) is 6.02. The minimum Gasteiger partial charge on any atom is -0.317 e. The third-order valence-electron chi connectivity index (χ3n) is 4.22. The van der Waals surface area contributed by atoms with Crippen molar-refractivity contribution >= 4 is 10.0 Å². The maximum Gasteiger partial charge on any atom is 0.211 e. The highest BCUT2D eigenvalue weighted by Crippen LogP contribution is 2.17. The molecule has 0 bridgehead atoms. The van der Waals surface area contributed by atoms with Gasteiger partial charge >= 0.3 is 0 Å². The molecule has 2 N–H and O–H groups in total. The van der Waals surface area contributed by atoms with Gasteiger partial charge in [-0.05, 0) is 64.7 Å². The van der Waals surface area contributed by atoms with E-state index in [1.54, 1.807) is 0 Å². The normalized spacial score (nSPS) is 27.5. The van der Waals surface area contributed by atoms with E-state index in [2.05, 4.69) is 22.0 Å². The number of sulfonamides is 1. The summed E-state index contributed by atoms with van der Waals surface area (Å²) in [5.41, 5.74) is 0. The first-order valence-corrected chi connectivity index (χ1v) is 9.10. The fourth-order valence-corrected chi connectivity index (χ4v) is 4.53. The Labute approximate surface area is 117 Å². The molecule has 0 amide bonds. The monoisotopic (exact) mass is 289 g/mol. The minimum atomic E-state index is -3.10. The van der Waals surface area contributed by atoms with Gasteiger partial charge in [0.05, 0.1) is 5.75 Å². The van der Waals surface area contributed by atoms with Crippen LogP contribution in [0.25, 0.3) is 0 Å². The van der Waals surface area contributed by atoms with Crippen LogP contribution >= 0.6 is 0 Å². The van der Waals surface area contributed by atoms with Gasteiger partial charge in [-0.15, -0.1) is 0 Å². The first kappa shape index (κ1) is 15.2. The summed E-state index contributed by atoms with van der Waals surface area (Å²) in [6.07, 6.45) is 5.08. The van der Waals surface area contributed by atoms with Crippen molar-refractivity contribution in [1.82, 2.24) is 14.9 Å². The fraction of sp³-hybridized carbons (Fsp3) is 1.00. The van der Waals surface area contributed by atoms with Gasteiger partial charge in [-0.25, -0.2) is 13.1 Å². The van der Waals surface area contributed by atoms with Crippen molar-refractivity contribution in [2.24, 2.45) is 5.92 Å². The molecule has 0 spiro atoms. The summed E-state index contributed by atoms with van der Waals surface area (Å²) in [6.45, 7) is 3.98. The molecule has 0 aliphatic carbocycles. The zero-order chi connectivity index (χ0) is 13.7. The van der Waals surface area contributed by atoms with E-state index >= 15 is 0 Å². The van der Waals surface area contributed by atoms with Crippen LogP contribution in [0.15, 0.2) is 0 Å². The van der Waals surface area contributed by atoms with Gasteiger partial charge in [0, 0.05) is 12.6 Å². The van der Waals surface area contributed by atoms with Gasteiger partial charge in [-0.2, -0.15) is 0 Å². The highest BCUT2D eigenvalue weighted by Gasteiger charge is 2.23. The van der Waals surface area contributed by atoms with Crippen molar-refractivity contribution in [2.75, 3.05) is 39.0 Å². The molecule has 2 aliphatic heterocycles. The molecule has 2 fully saturated rings. The van der Waals surface area contributed by atoms with Crippen LogP contribution < -0.4 is 10.0 Å². The SMILES string of the molecule is CN1CCCC(NS(=O)(=O)CCC2CCNCC2)C1. The molecule has 19 heavy (non-hydrogen) atoms. The Kier molecular flexibility index (Phi) is 5.62. The molecule has 0 saturated carbocycles. The van der Waals surface area contributed by atoms with Crippen molar-refractivity contribution < 1.29 is 8.42 Å². The zero-order valence-corrected chi connectivity index (χ0v) is 12.7. The molecule has 0 radical (unpaired) electrons. The van der Waals surface area contributed by atoms with Gasteiger partial charge in [0.2, 0.25) is 10.0 Å². The summed E-state index contributed by atoms with van der Waals surface area (Å²) in [5.74, 6) is 0.865. The van der Waals surface area contributed by atoms with E-state index in [1.165, 1.54) is 0 Å². The third kappa shape index (κ3) is 5.38. The van der Waals surface area contributed by atoms with Crippen molar-refractivity contribution in [3.05, 3.63) is 0 Å². The van der Waals surface area contributed by atoms with E-state index in [4.69, 9.17) is 0 Å². The maximum atomic E-state index is 12.1. The molecule has 0 aromatic heterocycles. The first-order chi connectivity index (χ1) is 9.05. The maximum absolute atomic E-state index is 12.1. The lowest BCUT2D eigenvalue weighted by molar-refractivity contribution is 0.242. The van der Waals surface area contributed by atoms with Gasteiger partial charge in [-0.3, -0.25) is 0 Å². The summed E-state index contributed by atoms with van der Waals surface area (Å²) in [7, 11) is -1.05. The molecule has 112 valence electrons. The van der Waals surface area contributed by atoms with Gasteiger partial charge in [-0.1, -0.05) is 0 Å². The number of hydrogen-bond acceptors (Lipinski definition) is 4. The Morgan fingerprint density at radius 3 is 2.68 bits per heavy atom. The number of likely N-dealkylation sites (N-methyl/N-ethyl adjacent to an activating group) is 1. The predicted octanol–water partition coefficient (Wildman–Crippen LogP) is 0.390. The van der Waals surface area contributed by atoms with E-state index < -0.39 is 10.0 Å². The minimum absolute atomic E-state index is 0.108. The summed E-state index contributed by atoms with van der Waals surface area (Å²) in [4.78, 5) is 2.20. The van der Waals surface area contributed by atoms with Gasteiger partial charge in [0.15, 0.2) is 0 Å². The number of likely N-dealkylation sites (tertiary alicyclic amines) is 1. The Balaban J connectivity index is 1.74. The summed E-state index contributed by atoms with van der Waals surface area (Å²) in [6, 6.07) is 0.108. The lowest BCUT2D eigenvalue weighted by Gasteiger charge is -2.30. The predicted molar refractivity (Wildman–Crippen MR) is 77.7 cm³/mol. The lowest BCUT2D eigenvalue weighted by atomic mass is 9.96. The van der Waals surface area contributed by atoms with Crippen molar-refractivity contribution in [3.63, 3.8) is 0 Å². The van der Waals surface area contributed by atoms with Gasteiger partial charge in [0.1, 0.15) is 0 Å². The number of nitrogens with zero attached hydrogens (tertiary/aromatic N) is 1. The van der Waals surface area contributed by atoms with Crippen molar-refractivity contribution in [3.8, 4) is 0 Å². The second-order valence-corrected chi connectivity index (χ2v) is 7.89. The molecule has 2 aliphatic rings. The highest BCUT2D eigenvalue weighted by molar-refractivity contribution is 7.89. The van der Waals surface area contributed by atoms with E-state index in [0.29, 0.717) is 5.92 Å². The molecule has 2 rings (SSSR count). The molecule has 6 heteroatoms. The standard InChI is InChI=1S/C13H27N3O2S/c1-16-9-2-3-13(11-16)15-19(17,18)10-6-12-4-7-14-8-5-12/h12-15H,2-11H2,1H3. The number of nitrogens with one attached hydrogen (secondary N) is 2. The zero-order valence-electron chi connectivity index (χ0n) is 11.9. The average molecular weight is 289 g/mol. The van der Waals surface area contributed by atoms with Gasteiger partial charge in [0.25, 0.3) is 0 Å². The summed E-state index contributed by atoms with van der Waals surface area (Å²) < 4.78 is 27.1. The first-order valence-electron chi connectivity index (χ1n) is 7.44. The van der Waals surface area contributed by atoms with Crippen LogP contribution in [0, 0.1) is 5.92 Å². The van der Waals surface area contributed by atoms with Crippen LogP contribution in [0.2, 0.25) is 0 Å². The molecular weight excluding hydrogens is 262 g/mol. The topological polar surface area (TPSA) is 61.4 Å². The Hall–Kier alpha value is -0.170. The lowest BCUT2D eigenvalue weighted by Crippen LogP contribution is -2.47. The summed E-state index contributed by atoms with van der Waals surface area (Å²) >= 11 is 0. The van der Waals surface area contributed by atoms with Crippen LogP contribution in [0.3, 0.4) is 0 Å². The van der Waals surface area contributed by atoms with Crippen LogP contribution in [-0.4, -0.2) is 58.3 Å². The van der Waals surface area contributed by atoms with Crippen LogP contribution in [-0.2, 0) is 10.0 Å². The smallest absolute Gasteiger partial charge is 0.211 e. The third-order valence-corrected chi connectivity index (χ3v) is 5.69. The van der Waals surface area contributed by atoms with Gasteiger partial charge < -0.3 is 10.2 Å². The number of piperidine rings is 2. The van der Waals surface area contributed by atoms with Crippen LogP contribution in [0.4, 0.5) is 0 Å². The largest absolute Gasteiger partial charge is 0.317 e. The number of rotatable bonds is 5.